The molecule has 84 valence electrons. The minimum Gasteiger partial charge on any atom is -0.396 e. The molecule has 0 aliphatic carbocycles. The van der Waals surface area contributed by atoms with Crippen LogP contribution in [0.1, 0.15) is 11.4 Å². The standard InChI is InChI=1S/C11H14N4S/c1-8-3-4-10(12)11(14-8)15(2)5-9-6-16-7-13-9/h3-4,6-7H,5,12H2,1-2H3. The van der Waals surface area contributed by atoms with E-state index in [4.69, 9.17) is 5.73 Å². The van der Waals surface area contributed by atoms with Gasteiger partial charge in [-0.05, 0) is 19.1 Å². The van der Waals surface area contributed by atoms with Gasteiger partial charge in [0.1, 0.15) is 0 Å². The monoisotopic (exact) mass is 234 g/mol. The Morgan fingerprint density at radius 2 is 2.25 bits per heavy atom. The molecule has 16 heavy (non-hydrogen) atoms. The number of rotatable bonds is 3. The summed E-state index contributed by atoms with van der Waals surface area (Å²) in [5, 5.41) is 2.03. The van der Waals surface area contributed by atoms with Crippen LogP contribution in [0.15, 0.2) is 23.0 Å². The van der Waals surface area contributed by atoms with Crippen LogP contribution in [0.25, 0.3) is 0 Å². The fourth-order valence-corrected chi connectivity index (χ4v) is 2.04. The van der Waals surface area contributed by atoms with Crippen molar-refractivity contribution in [2.45, 2.75) is 13.5 Å². The molecule has 2 N–H and O–H groups in total. The van der Waals surface area contributed by atoms with Crippen LogP contribution in [0.2, 0.25) is 0 Å². The lowest BCUT2D eigenvalue weighted by molar-refractivity contribution is 0.872. The Balaban J connectivity index is 2.20. The van der Waals surface area contributed by atoms with Crippen molar-refractivity contribution in [3.05, 3.63) is 34.4 Å². The zero-order valence-corrected chi connectivity index (χ0v) is 10.2. The summed E-state index contributed by atoms with van der Waals surface area (Å²) in [7, 11) is 1.97. The molecule has 0 bridgehead atoms. The minimum atomic E-state index is 0.698. The molecule has 2 heterocycles. The van der Waals surface area contributed by atoms with E-state index in [1.807, 2.05) is 41.9 Å². The van der Waals surface area contributed by atoms with Gasteiger partial charge < -0.3 is 10.6 Å². The summed E-state index contributed by atoms with van der Waals surface area (Å²) in [6.07, 6.45) is 0. The van der Waals surface area contributed by atoms with Crippen molar-refractivity contribution in [3.8, 4) is 0 Å². The van der Waals surface area contributed by atoms with Crippen molar-refractivity contribution < 1.29 is 0 Å². The van der Waals surface area contributed by atoms with Crippen LogP contribution >= 0.6 is 11.3 Å². The van der Waals surface area contributed by atoms with E-state index in [2.05, 4.69) is 9.97 Å². The highest BCUT2D eigenvalue weighted by atomic mass is 32.1. The summed E-state index contributed by atoms with van der Waals surface area (Å²) >= 11 is 1.59. The maximum absolute atomic E-state index is 5.90. The molecule has 0 atom stereocenters. The first-order valence-corrected chi connectivity index (χ1v) is 5.92. The number of aromatic nitrogens is 2. The van der Waals surface area contributed by atoms with Crippen molar-refractivity contribution in [2.24, 2.45) is 0 Å². The quantitative estimate of drug-likeness (QED) is 0.883. The van der Waals surface area contributed by atoms with Gasteiger partial charge in [-0.3, -0.25) is 0 Å². The predicted molar refractivity (Wildman–Crippen MR) is 67.6 cm³/mol. The topological polar surface area (TPSA) is 55.0 Å². The van der Waals surface area contributed by atoms with Crippen molar-refractivity contribution in [1.29, 1.82) is 0 Å². The second-order valence-corrected chi connectivity index (χ2v) is 4.42. The molecule has 2 aromatic rings. The van der Waals surface area contributed by atoms with Gasteiger partial charge in [0.25, 0.3) is 0 Å². The third kappa shape index (κ3) is 2.30. The van der Waals surface area contributed by atoms with Gasteiger partial charge in [0.05, 0.1) is 23.4 Å². The van der Waals surface area contributed by atoms with Gasteiger partial charge in [0.15, 0.2) is 5.82 Å². The fourth-order valence-electron chi connectivity index (χ4n) is 1.49. The third-order valence-corrected chi connectivity index (χ3v) is 2.92. The van der Waals surface area contributed by atoms with Crippen molar-refractivity contribution in [1.82, 2.24) is 9.97 Å². The molecule has 0 unspecified atom stereocenters. The molecule has 0 radical (unpaired) electrons. The van der Waals surface area contributed by atoms with Crippen molar-refractivity contribution in [3.63, 3.8) is 0 Å². The molecule has 0 fully saturated rings. The lowest BCUT2D eigenvalue weighted by Crippen LogP contribution is -2.19. The molecule has 5 heteroatoms. The molecule has 2 rings (SSSR count). The Morgan fingerprint density at radius 1 is 1.44 bits per heavy atom. The van der Waals surface area contributed by atoms with E-state index < -0.39 is 0 Å². The first-order valence-electron chi connectivity index (χ1n) is 4.98. The Hall–Kier alpha value is -1.62. The number of hydrogen-bond acceptors (Lipinski definition) is 5. The second kappa shape index (κ2) is 4.49. The highest BCUT2D eigenvalue weighted by molar-refractivity contribution is 7.07. The Morgan fingerprint density at radius 3 is 2.94 bits per heavy atom. The summed E-state index contributed by atoms with van der Waals surface area (Å²) in [5.41, 5.74) is 10.4. The molecular formula is C11H14N4S. The van der Waals surface area contributed by atoms with Gasteiger partial charge in [-0.2, -0.15) is 0 Å². The number of pyridine rings is 1. The molecule has 0 amide bonds. The molecular weight excluding hydrogens is 220 g/mol. The first kappa shape index (κ1) is 10.9. The average Bonchev–Trinajstić information content (AvgIpc) is 2.74. The Labute approximate surface area is 98.8 Å². The number of nitrogens with zero attached hydrogens (tertiary/aromatic N) is 3. The van der Waals surface area contributed by atoms with Crippen LogP contribution in [-0.2, 0) is 6.54 Å². The van der Waals surface area contributed by atoms with Gasteiger partial charge in [-0.15, -0.1) is 11.3 Å². The third-order valence-electron chi connectivity index (χ3n) is 2.29. The molecule has 0 saturated heterocycles. The molecule has 4 nitrogen and oxygen atoms in total. The fraction of sp³-hybridized carbons (Fsp3) is 0.273. The maximum atomic E-state index is 5.90. The lowest BCUT2D eigenvalue weighted by atomic mass is 10.3. The largest absolute Gasteiger partial charge is 0.396 e. The van der Waals surface area contributed by atoms with Crippen LogP contribution in [-0.4, -0.2) is 17.0 Å². The van der Waals surface area contributed by atoms with E-state index in [9.17, 15) is 0 Å². The molecule has 0 aliphatic rings. The number of aryl methyl sites for hydroxylation is 1. The van der Waals surface area contributed by atoms with Crippen LogP contribution in [0.3, 0.4) is 0 Å². The van der Waals surface area contributed by atoms with E-state index >= 15 is 0 Å². The van der Waals surface area contributed by atoms with E-state index in [0.29, 0.717) is 5.69 Å². The SMILES string of the molecule is Cc1ccc(N)c(N(C)Cc2cscn2)n1. The highest BCUT2D eigenvalue weighted by Crippen LogP contribution is 2.20. The van der Waals surface area contributed by atoms with E-state index in [-0.39, 0.29) is 0 Å². The van der Waals surface area contributed by atoms with Crippen LogP contribution in [0.4, 0.5) is 11.5 Å². The summed E-state index contributed by atoms with van der Waals surface area (Å²) < 4.78 is 0. The van der Waals surface area contributed by atoms with Gasteiger partial charge in [-0.1, -0.05) is 0 Å². The Kier molecular flexibility index (Phi) is 3.05. The maximum Gasteiger partial charge on any atom is 0.152 e. The van der Waals surface area contributed by atoms with Crippen LogP contribution in [0.5, 0.6) is 0 Å². The van der Waals surface area contributed by atoms with Crippen LogP contribution in [0, 0.1) is 6.92 Å². The summed E-state index contributed by atoms with van der Waals surface area (Å²) in [6, 6.07) is 3.80. The molecule has 0 spiro atoms. The zero-order chi connectivity index (χ0) is 11.5. The van der Waals surface area contributed by atoms with E-state index in [1.54, 1.807) is 11.3 Å². The second-order valence-electron chi connectivity index (χ2n) is 3.70. The summed E-state index contributed by atoms with van der Waals surface area (Å²) in [6.45, 7) is 2.68. The number of anilines is 2. The number of thiazole rings is 1. The minimum absolute atomic E-state index is 0.698. The number of nitrogen functional groups attached to an aromatic ring is 1. The van der Waals surface area contributed by atoms with Crippen LogP contribution < -0.4 is 10.6 Å². The normalized spacial score (nSPS) is 10.4. The van der Waals surface area contributed by atoms with Gasteiger partial charge in [0, 0.05) is 18.1 Å². The number of nitrogens with two attached hydrogens (primary N) is 1. The van der Waals surface area contributed by atoms with E-state index in [1.165, 1.54) is 0 Å². The molecule has 0 saturated carbocycles. The van der Waals surface area contributed by atoms with Gasteiger partial charge in [-0.25, -0.2) is 9.97 Å². The first-order chi connectivity index (χ1) is 7.66. The number of hydrogen-bond donors (Lipinski definition) is 1. The smallest absolute Gasteiger partial charge is 0.152 e. The molecule has 0 aromatic carbocycles. The summed E-state index contributed by atoms with van der Waals surface area (Å²) in [5.74, 6) is 0.813. The van der Waals surface area contributed by atoms with Gasteiger partial charge >= 0.3 is 0 Å². The molecule has 2 aromatic heterocycles. The van der Waals surface area contributed by atoms with E-state index in [0.717, 1.165) is 23.8 Å². The van der Waals surface area contributed by atoms with Crippen molar-refractivity contribution in [2.75, 3.05) is 17.7 Å². The lowest BCUT2D eigenvalue weighted by Gasteiger charge is -2.19. The van der Waals surface area contributed by atoms with Crippen molar-refractivity contribution >= 4 is 22.8 Å². The summed E-state index contributed by atoms with van der Waals surface area (Å²) in [4.78, 5) is 10.7. The Bertz CT molecular complexity index is 467. The molecule has 0 aliphatic heterocycles. The zero-order valence-electron chi connectivity index (χ0n) is 9.34. The van der Waals surface area contributed by atoms with Gasteiger partial charge in [0.2, 0.25) is 0 Å². The predicted octanol–water partition coefficient (Wildman–Crippen LogP) is 2.07. The highest BCUT2D eigenvalue weighted by Gasteiger charge is 2.08. The average molecular weight is 234 g/mol.